The van der Waals surface area contributed by atoms with Gasteiger partial charge in [-0.05, 0) is 36.2 Å². The van der Waals surface area contributed by atoms with Crippen LogP contribution >= 0.6 is 0 Å². The second-order valence-corrected chi connectivity index (χ2v) is 3.87. The van der Waals surface area contributed by atoms with Crippen LogP contribution in [0.2, 0.25) is 0 Å². The van der Waals surface area contributed by atoms with Gasteiger partial charge >= 0.3 is 0 Å². The molecule has 0 radical (unpaired) electrons. The SMILES string of the molecule is CC.CC.CCc1ccc(C(=O)Nc2ccccc2)cc1. The quantitative estimate of drug-likeness (QED) is 0.786. The van der Waals surface area contributed by atoms with Crippen molar-refractivity contribution in [2.45, 2.75) is 41.0 Å². The number of carbonyl (C=O) groups excluding carboxylic acids is 1. The second-order valence-electron chi connectivity index (χ2n) is 3.87. The number of para-hydroxylation sites is 1. The second kappa shape index (κ2) is 11.7. The van der Waals surface area contributed by atoms with Crippen molar-refractivity contribution in [1.29, 1.82) is 0 Å². The third-order valence-electron chi connectivity index (χ3n) is 2.66. The molecule has 2 aromatic rings. The van der Waals surface area contributed by atoms with Crippen LogP contribution < -0.4 is 5.32 Å². The molecule has 0 atom stereocenters. The van der Waals surface area contributed by atoms with Gasteiger partial charge in [0.25, 0.3) is 5.91 Å². The van der Waals surface area contributed by atoms with E-state index in [0.29, 0.717) is 5.56 Å². The Morgan fingerprint density at radius 1 is 0.857 bits per heavy atom. The average molecular weight is 285 g/mol. The number of amides is 1. The monoisotopic (exact) mass is 285 g/mol. The molecule has 0 heterocycles. The highest BCUT2D eigenvalue weighted by molar-refractivity contribution is 6.04. The lowest BCUT2D eigenvalue weighted by Gasteiger charge is -2.05. The predicted octanol–water partition coefficient (Wildman–Crippen LogP) is 5.55. The van der Waals surface area contributed by atoms with Crippen molar-refractivity contribution < 1.29 is 4.79 Å². The zero-order chi connectivity index (χ0) is 16.1. The molecule has 114 valence electrons. The van der Waals surface area contributed by atoms with E-state index in [1.165, 1.54) is 5.56 Å². The van der Waals surface area contributed by atoms with E-state index in [0.717, 1.165) is 12.1 Å². The van der Waals surface area contributed by atoms with E-state index in [-0.39, 0.29) is 5.91 Å². The summed E-state index contributed by atoms with van der Waals surface area (Å²) >= 11 is 0. The zero-order valence-electron chi connectivity index (χ0n) is 13.8. The van der Waals surface area contributed by atoms with Crippen molar-refractivity contribution >= 4 is 11.6 Å². The lowest BCUT2D eigenvalue weighted by Crippen LogP contribution is -2.11. The minimum Gasteiger partial charge on any atom is -0.322 e. The molecule has 0 aliphatic heterocycles. The molecule has 1 N–H and O–H groups in total. The predicted molar refractivity (Wildman–Crippen MR) is 92.9 cm³/mol. The van der Waals surface area contributed by atoms with Crippen LogP contribution in [0, 0.1) is 0 Å². The largest absolute Gasteiger partial charge is 0.322 e. The van der Waals surface area contributed by atoms with Gasteiger partial charge in [0.15, 0.2) is 0 Å². The summed E-state index contributed by atoms with van der Waals surface area (Å²) in [4.78, 5) is 11.9. The van der Waals surface area contributed by atoms with Crippen LogP contribution in [0.5, 0.6) is 0 Å². The maximum atomic E-state index is 11.9. The molecule has 0 spiro atoms. The van der Waals surface area contributed by atoms with Crippen LogP contribution in [0.1, 0.15) is 50.5 Å². The number of anilines is 1. The number of nitrogens with one attached hydrogen (secondary N) is 1. The summed E-state index contributed by atoms with van der Waals surface area (Å²) in [5.41, 5.74) is 2.74. The van der Waals surface area contributed by atoms with Crippen molar-refractivity contribution in [3.8, 4) is 0 Å². The Morgan fingerprint density at radius 2 is 1.38 bits per heavy atom. The number of hydrogen-bond acceptors (Lipinski definition) is 1. The Bertz CT molecular complexity index is 489. The minimum atomic E-state index is -0.0705. The summed E-state index contributed by atoms with van der Waals surface area (Å²) in [5.74, 6) is -0.0705. The van der Waals surface area contributed by atoms with Crippen molar-refractivity contribution in [2.24, 2.45) is 0 Å². The number of hydrogen-bond donors (Lipinski definition) is 1. The third kappa shape index (κ3) is 6.75. The molecule has 2 heteroatoms. The van der Waals surface area contributed by atoms with E-state index < -0.39 is 0 Å². The van der Waals surface area contributed by atoms with Gasteiger partial charge < -0.3 is 5.32 Å². The first kappa shape index (κ1) is 18.9. The van der Waals surface area contributed by atoms with Crippen molar-refractivity contribution in [3.05, 3.63) is 65.7 Å². The smallest absolute Gasteiger partial charge is 0.255 e. The fraction of sp³-hybridized carbons (Fsp3) is 0.316. The molecule has 0 aliphatic rings. The van der Waals surface area contributed by atoms with E-state index >= 15 is 0 Å². The summed E-state index contributed by atoms with van der Waals surface area (Å²) < 4.78 is 0. The summed E-state index contributed by atoms with van der Waals surface area (Å²) in [6.07, 6.45) is 0.987. The van der Waals surface area contributed by atoms with Crippen LogP contribution in [0.25, 0.3) is 0 Å². The van der Waals surface area contributed by atoms with Crippen molar-refractivity contribution in [1.82, 2.24) is 0 Å². The van der Waals surface area contributed by atoms with E-state index in [1.807, 2.05) is 82.3 Å². The summed E-state index contributed by atoms with van der Waals surface area (Å²) in [7, 11) is 0. The molecule has 2 rings (SSSR count). The third-order valence-corrected chi connectivity index (χ3v) is 2.66. The van der Waals surface area contributed by atoms with Gasteiger partial charge in [-0.2, -0.15) is 0 Å². The molecular formula is C19H27NO. The van der Waals surface area contributed by atoms with Crippen molar-refractivity contribution in [3.63, 3.8) is 0 Å². The fourth-order valence-corrected chi connectivity index (χ4v) is 1.62. The van der Waals surface area contributed by atoms with Crippen LogP contribution in [-0.4, -0.2) is 5.91 Å². The molecule has 2 nitrogen and oxygen atoms in total. The molecule has 0 unspecified atom stereocenters. The molecule has 21 heavy (non-hydrogen) atoms. The van der Waals surface area contributed by atoms with E-state index in [2.05, 4.69) is 12.2 Å². The van der Waals surface area contributed by atoms with Crippen molar-refractivity contribution in [2.75, 3.05) is 5.32 Å². The lowest BCUT2D eigenvalue weighted by atomic mass is 10.1. The highest BCUT2D eigenvalue weighted by atomic mass is 16.1. The highest BCUT2D eigenvalue weighted by Crippen LogP contribution is 2.10. The number of rotatable bonds is 3. The van der Waals surface area contributed by atoms with Gasteiger partial charge in [0.05, 0.1) is 0 Å². The topological polar surface area (TPSA) is 29.1 Å². The first-order chi connectivity index (χ1) is 10.3. The minimum absolute atomic E-state index is 0.0705. The summed E-state index contributed by atoms with van der Waals surface area (Å²) in [6.45, 7) is 10.1. The first-order valence-corrected chi connectivity index (χ1v) is 7.75. The van der Waals surface area contributed by atoms with Crippen LogP contribution in [0.3, 0.4) is 0 Å². The van der Waals surface area contributed by atoms with Crippen LogP contribution in [0.4, 0.5) is 5.69 Å². The Kier molecular flexibility index (Phi) is 10.5. The highest BCUT2D eigenvalue weighted by Gasteiger charge is 2.04. The van der Waals surface area contributed by atoms with Gasteiger partial charge in [-0.3, -0.25) is 4.79 Å². The summed E-state index contributed by atoms with van der Waals surface area (Å²) in [6, 6.07) is 17.2. The Morgan fingerprint density at radius 3 is 1.86 bits per heavy atom. The van der Waals surface area contributed by atoms with Gasteiger partial charge in [0.1, 0.15) is 0 Å². The number of aryl methyl sites for hydroxylation is 1. The maximum absolute atomic E-state index is 11.9. The van der Waals surface area contributed by atoms with E-state index in [4.69, 9.17) is 0 Å². The van der Waals surface area contributed by atoms with Crippen LogP contribution in [0.15, 0.2) is 54.6 Å². The normalized spacial score (nSPS) is 8.62. The maximum Gasteiger partial charge on any atom is 0.255 e. The molecule has 0 saturated heterocycles. The molecule has 0 aromatic heterocycles. The van der Waals surface area contributed by atoms with Gasteiger partial charge in [0, 0.05) is 11.3 Å². The standard InChI is InChI=1S/C15H15NO.2C2H6/c1-2-12-8-10-13(11-9-12)15(17)16-14-6-4-3-5-7-14;2*1-2/h3-11H,2H2,1H3,(H,16,17);2*1-2H3. The van der Waals surface area contributed by atoms with Gasteiger partial charge in [-0.25, -0.2) is 0 Å². The molecule has 2 aromatic carbocycles. The zero-order valence-corrected chi connectivity index (χ0v) is 13.8. The number of carbonyl (C=O) groups is 1. The molecule has 0 fully saturated rings. The van der Waals surface area contributed by atoms with Crippen LogP contribution in [-0.2, 0) is 6.42 Å². The lowest BCUT2D eigenvalue weighted by molar-refractivity contribution is 0.102. The molecule has 1 amide bonds. The van der Waals surface area contributed by atoms with E-state index in [9.17, 15) is 4.79 Å². The average Bonchev–Trinajstić information content (AvgIpc) is 2.59. The Hall–Kier alpha value is -2.09. The Labute approximate surface area is 129 Å². The van der Waals surface area contributed by atoms with E-state index in [1.54, 1.807) is 0 Å². The summed E-state index contributed by atoms with van der Waals surface area (Å²) in [5, 5.41) is 2.86. The molecule has 0 aliphatic carbocycles. The fourth-order valence-electron chi connectivity index (χ4n) is 1.62. The molecular weight excluding hydrogens is 258 g/mol. The molecule has 0 saturated carbocycles. The van der Waals surface area contributed by atoms with Gasteiger partial charge in [-0.1, -0.05) is 65.0 Å². The van der Waals surface area contributed by atoms with Gasteiger partial charge in [0.2, 0.25) is 0 Å². The first-order valence-electron chi connectivity index (χ1n) is 7.75. The Balaban J connectivity index is 0.000000921. The van der Waals surface area contributed by atoms with Gasteiger partial charge in [-0.15, -0.1) is 0 Å². The molecule has 0 bridgehead atoms. The number of benzene rings is 2.